The highest BCUT2D eigenvalue weighted by molar-refractivity contribution is 6.18. The van der Waals surface area contributed by atoms with E-state index in [0.29, 0.717) is 12.2 Å². The highest BCUT2D eigenvalue weighted by atomic mass is 16.2. The first-order valence-corrected chi connectivity index (χ1v) is 9.42. The number of benzene rings is 2. The molecule has 0 aliphatic carbocycles. The van der Waals surface area contributed by atoms with E-state index in [2.05, 4.69) is 0 Å². The minimum Gasteiger partial charge on any atom is -0.378 e. The maximum absolute atomic E-state index is 13.3. The number of amides is 1. The molecule has 5 nitrogen and oxygen atoms in total. The normalized spacial score (nSPS) is 11.2. The molecule has 1 heterocycles. The maximum atomic E-state index is 13.3. The van der Waals surface area contributed by atoms with Crippen LogP contribution in [0.5, 0.6) is 0 Å². The number of likely N-dealkylation sites (N-methyl/N-ethyl adjacent to an activating group) is 1. The number of carbonyl (C=O) groups excluding carboxylic acids is 1. The summed E-state index contributed by atoms with van der Waals surface area (Å²) < 4.78 is 1.39. The van der Waals surface area contributed by atoms with Gasteiger partial charge in [-0.05, 0) is 35.4 Å². The molecule has 0 radical (unpaired) electrons. The Morgan fingerprint density at radius 3 is 2.17 bits per heavy atom. The molecule has 3 rings (SSSR count). The number of aromatic nitrogens is 1. The van der Waals surface area contributed by atoms with Crippen LogP contribution in [-0.2, 0) is 11.3 Å². The Balaban J connectivity index is 1.98. The van der Waals surface area contributed by atoms with Gasteiger partial charge >= 0.3 is 0 Å². The van der Waals surface area contributed by atoms with E-state index in [1.165, 1.54) is 10.6 Å². The van der Waals surface area contributed by atoms with Gasteiger partial charge in [0.05, 0.1) is 0 Å². The Hall–Kier alpha value is -3.60. The molecule has 0 fully saturated rings. The minimum atomic E-state index is -0.245. The fourth-order valence-electron chi connectivity index (χ4n) is 3.01. The van der Waals surface area contributed by atoms with Crippen molar-refractivity contribution in [2.75, 3.05) is 26.0 Å². The molecule has 1 aromatic heterocycles. The minimum absolute atomic E-state index is 0.223. The van der Waals surface area contributed by atoms with E-state index in [1.807, 2.05) is 73.6 Å². The zero-order chi connectivity index (χ0) is 20.8. The zero-order valence-corrected chi connectivity index (χ0v) is 16.9. The molecule has 5 heteroatoms. The lowest BCUT2D eigenvalue weighted by molar-refractivity contribution is -0.124. The molecule has 0 saturated carbocycles. The molecular formula is C24H25N3O2. The maximum Gasteiger partial charge on any atom is 0.270 e. The van der Waals surface area contributed by atoms with Crippen molar-refractivity contribution in [1.82, 2.24) is 9.47 Å². The van der Waals surface area contributed by atoms with Crippen LogP contribution in [-0.4, -0.2) is 36.5 Å². The molecule has 0 aliphatic rings. The molecule has 0 atom stereocenters. The fraction of sp³-hybridized carbons (Fsp3) is 0.167. The summed E-state index contributed by atoms with van der Waals surface area (Å²) in [6, 6.07) is 22.5. The Morgan fingerprint density at radius 2 is 1.55 bits per heavy atom. The monoisotopic (exact) mass is 387 g/mol. The number of hydrogen-bond donors (Lipinski definition) is 0. The Morgan fingerprint density at radius 1 is 0.897 bits per heavy atom. The first-order chi connectivity index (χ1) is 14.0. The molecule has 0 unspecified atom stereocenters. The molecule has 3 aromatic rings. The van der Waals surface area contributed by atoms with Crippen LogP contribution in [0.1, 0.15) is 11.1 Å². The quantitative estimate of drug-likeness (QED) is 0.608. The van der Waals surface area contributed by atoms with E-state index < -0.39 is 0 Å². The van der Waals surface area contributed by atoms with Gasteiger partial charge in [-0.1, -0.05) is 48.5 Å². The van der Waals surface area contributed by atoms with Crippen molar-refractivity contribution < 1.29 is 4.79 Å². The molecular weight excluding hydrogens is 362 g/mol. The number of hydrogen-bond acceptors (Lipinski definition) is 3. The lowest BCUT2D eigenvalue weighted by Gasteiger charge is -2.20. The highest BCUT2D eigenvalue weighted by Crippen LogP contribution is 2.18. The van der Waals surface area contributed by atoms with Crippen molar-refractivity contribution >= 4 is 23.4 Å². The Kier molecular flexibility index (Phi) is 6.29. The number of anilines is 1. The smallest absolute Gasteiger partial charge is 0.270 e. The first-order valence-electron chi connectivity index (χ1n) is 9.42. The average molecular weight is 387 g/mol. The van der Waals surface area contributed by atoms with Crippen molar-refractivity contribution in [3.05, 3.63) is 100 Å². The Labute approximate surface area is 171 Å². The second-order valence-electron chi connectivity index (χ2n) is 7.07. The number of nitrogens with zero attached hydrogens (tertiary/aromatic N) is 3. The first kappa shape index (κ1) is 20.1. The van der Waals surface area contributed by atoms with E-state index in [0.717, 1.165) is 16.8 Å². The van der Waals surface area contributed by atoms with Crippen LogP contribution in [0.15, 0.2) is 83.8 Å². The van der Waals surface area contributed by atoms with Gasteiger partial charge in [0.2, 0.25) is 0 Å². The van der Waals surface area contributed by atoms with E-state index in [9.17, 15) is 9.59 Å². The van der Waals surface area contributed by atoms with Gasteiger partial charge in [-0.25, -0.2) is 0 Å². The molecule has 2 aromatic carbocycles. The average Bonchev–Trinajstić information content (AvgIpc) is 2.73. The fourth-order valence-corrected chi connectivity index (χ4v) is 3.01. The Bertz CT molecular complexity index is 1050. The van der Waals surface area contributed by atoms with E-state index in [-0.39, 0.29) is 11.5 Å². The van der Waals surface area contributed by atoms with Crippen molar-refractivity contribution in [2.24, 2.45) is 0 Å². The number of pyridine rings is 1. The zero-order valence-electron chi connectivity index (χ0n) is 16.9. The second kappa shape index (κ2) is 9.06. The van der Waals surface area contributed by atoms with Gasteiger partial charge in [-0.3, -0.25) is 14.2 Å². The van der Waals surface area contributed by atoms with Crippen LogP contribution < -0.4 is 10.5 Å². The molecule has 148 valence electrons. The van der Waals surface area contributed by atoms with Crippen LogP contribution in [0, 0.1) is 0 Å². The summed E-state index contributed by atoms with van der Waals surface area (Å²) in [4.78, 5) is 29.3. The standard InChI is InChI=1S/C24H25N3O2/c1-25(2)21-14-12-19(13-15-21)17-22(27-16-8-7-11-23(27)28)24(29)26(3)18-20-9-5-4-6-10-20/h4-17H,18H2,1-3H3/b22-17+. The van der Waals surface area contributed by atoms with Gasteiger partial charge in [-0.15, -0.1) is 0 Å². The highest BCUT2D eigenvalue weighted by Gasteiger charge is 2.18. The summed E-state index contributed by atoms with van der Waals surface area (Å²) >= 11 is 0. The third-order valence-corrected chi connectivity index (χ3v) is 4.62. The second-order valence-corrected chi connectivity index (χ2v) is 7.07. The largest absolute Gasteiger partial charge is 0.378 e. The summed E-state index contributed by atoms with van der Waals surface area (Å²) in [5.41, 5.74) is 3.01. The van der Waals surface area contributed by atoms with Gasteiger partial charge in [0.25, 0.3) is 11.5 Å². The van der Waals surface area contributed by atoms with Gasteiger partial charge in [0.1, 0.15) is 5.70 Å². The van der Waals surface area contributed by atoms with Crippen LogP contribution in [0.2, 0.25) is 0 Å². The van der Waals surface area contributed by atoms with Gasteiger partial charge in [0, 0.05) is 45.6 Å². The third kappa shape index (κ3) is 5.02. The van der Waals surface area contributed by atoms with Crippen molar-refractivity contribution in [1.29, 1.82) is 0 Å². The molecule has 0 N–H and O–H groups in total. The number of rotatable bonds is 6. The third-order valence-electron chi connectivity index (χ3n) is 4.62. The molecule has 0 saturated heterocycles. The van der Waals surface area contributed by atoms with Crippen LogP contribution >= 0.6 is 0 Å². The topological polar surface area (TPSA) is 45.6 Å². The van der Waals surface area contributed by atoms with Gasteiger partial charge in [-0.2, -0.15) is 0 Å². The van der Waals surface area contributed by atoms with Crippen molar-refractivity contribution in [2.45, 2.75) is 6.54 Å². The van der Waals surface area contributed by atoms with Gasteiger partial charge < -0.3 is 9.80 Å². The molecule has 0 spiro atoms. The van der Waals surface area contributed by atoms with Crippen LogP contribution in [0.3, 0.4) is 0 Å². The summed E-state index contributed by atoms with van der Waals surface area (Å²) in [5, 5.41) is 0. The predicted octanol–water partition coefficient (Wildman–Crippen LogP) is 3.57. The van der Waals surface area contributed by atoms with E-state index in [1.54, 1.807) is 36.4 Å². The number of carbonyl (C=O) groups is 1. The molecule has 29 heavy (non-hydrogen) atoms. The van der Waals surface area contributed by atoms with Gasteiger partial charge in [0.15, 0.2) is 0 Å². The molecule has 1 amide bonds. The summed E-state index contributed by atoms with van der Waals surface area (Å²) in [7, 11) is 5.69. The summed E-state index contributed by atoms with van der Waals surface area (Å²) in [5.74, 6) is -0.223. The van der Waals surface area contributed by atoms with E-state index in [4.69, 9.17) is 0 Å². The van der Waals surface area contributed by atoms with Crippen molar-refractivity contribution in [3.8, 4) is 0 Å². The summed E-state index contributed by atoms with van der Waals surface area (Å²) in [6.45, 7) is 0.457. The van der Waals surface area contributed by atoms with E-state index >= 15 is 0 Å². The lowest BCUT2D eigenvalue weighted by atomic mass is 10.1. The SMILES string of the molecule is CN(Cc1ccccc1)C(=O)/C(=C\c1ccc(N(C)C)cc1)n1ccccc1=O. The molecule has 0 bridgehead atoms. The van der Waals surface area contributed by atoms with Crippen molar-refractivity contribution in [3.63, 3.8) is 0 Å². The summed E-state index contributed by atoms with van der Waals surface area (Å²) in [6.07, 6.45) is 3.38. The van der Waals surface area contributed by atoms with Crippen LogP contribution in [0.25, 0.3) is 11.8 Å². The lowest BCUT2D eigenvalue weighted by Crippen LogP contribution is -2.32. The molecule has 0 aliphatic heterocycles. The predicted molar refractivity (Wildman–Crippen MR) is 119 cm³/mol. The van der Waals surface area contributed by atoms with Crippen LogP contribution in [0.4, 0.5) is 5.69 Å².